The van der Waals surface area contributed by atoms with Gasteiger partial charge in [0.15, 0.2) is 0 Å². The molecule has 3 heterocycles. The highest BCUT2D eigenvalue weighted by atomic mass is 16.3. The van der Waals surface area contributed by atoms with Crippen LogP contribution in [0.25, 0.3) is 0 Å². The third-order valence-electron chi connectivity index (χ3n) is 14.1. The monoisotopic (exact) mass is 1030 g/mol. The van der Waals surface area contributed by atoms with Gasteiger partial charge < -0.3 is 77.9 Å². The van der Waals surface area contributed by atoms with Crippen LogP contribution in [-0.2, 0) is 40.0 Å². The number of phenolic OH excluding ortho intramolecular Hbond substituents is 1. The first-order valence-corrected chi connectivity index (χ1v) is 25.7. The van der Waals surface area contributed by atoms with Crippen molar-refractivity contribution in [2.45, 2.75) is 203 Å². The number of benzene rings is 1. The molecule has 15 atom stereocenters. The van der Waals surface area contributed by atoms with Crippen LogP contribution in [0.4, 0.5) is 0 Å². The van der Waals surface area contributed by atoms with Crippen molar-refractivity contribution in [1.82, 2.24) is 36.4 Å². The largest absolute Gasteiger partial charge is 0.508 e. The van der Waals surface area contributed by atoms with E-state index in [0.29, 0.717) is 30.2 Å². The molecule has 3 aliphatic rings. The molecule has 3 saturated heterocycles. The number of phenols is 1. The zero-order chi connectivity index (χ0) is 54.1. The number of hydrogen-bond acceptors (Lipinski definition) is 16. The van der Waals surface area contributed by atoms with E-state index in [1.165, 1.54) is 30.7 Å². The Labute approximate surface area is 426 Å². The van der Waals surface area contributed by atoms with E-state index in [0.717, 1.165) is 55.2 Å². The molecular formula is C50H79N9O14. The number of nitrogens with two attached hydrogens (primary N) is 1. The first kappa shape index (κ1) is 60.1. The summed E-state index contributed by atoms with van der Waals surface area (Å²) < 4.78 is 0. The van der Waals surface area contributed by atoms with Gasteiger partial charge in [0, 0.05) is 38.8 Å². The van der Waals surface area contributed by atoms with Crippen molar-refractivity contribution in [3.05, 3.63) is 29.8 Å². The summed E-state index contributed by atoms with van der Waals surface area (Å²) in [5.74, 6) is -6.25. The van der Waals surface area contributed by atoms with E-state index in [9.17, 15) is 74.6 Å². The minimum atomic E-state index is -2.04. The number of fused-ring (bicyclic) bond motifs is 2. The van der Waals surface area contributed by atoms with E-state index in [4.69, 9.17) is 5.73 Å². The molecular weight excluding hydrogens is 951 g/mol. The molecule has 73 heavy (non-hydrogen) atoms. The van der Waals surface area contributed by atoms with Crippen molar-refractivity contribution >= 4 is 41.4 Å². The Morgan fingerprint density at radius 2 is 1.38 bits per heavy atom. The molecule has 1 aromatic carbocycles. The van der Waals surface area contributed by atoms with E-state index in [1.807, 2.05) is 0 Å². The summed E-state index contributed by atoms with van der Waals surface area (Å²) in [6.07, 6.45) is -5.68. The fraction of sp³-hybridized carbons (Fsp3) is 0.720. The van der Waals surface area contributed by atoms with Crippen LogP contribution in [0.1, 0.15) is 123 Å². The van der Waals surface area contributed by atoms with Gasteiger partial charge >= 0.3 is 0 Å². The van der Waals surface area contributed by atoms with Gasteiger partial charge in [-0.15, -0.1) is 0 Å². The van der Waals surface area contributed by atoms with Crippen LogP contribution in [0.5, 0.6) is 5.75 Å². The van der Waals surface area contributed by atoms with Crippen molar-refractivity contribution in [3.8, 4) is 11.8 Å². The van der Waals surface area contributed by atoms with Gasteiger partial charge in [-0.05, 0) is 55.7 Å². The molecule has 0 aromatic heterocycles. The third kappa shape index (κ3) is 17.6. The molecule has 3 aliphatic heterocycles. The lowest BCUT2D eigenvalue weighted by atomic mass is 9.91. The van der Waals surface area contributed by atoms with Crippen molar-refractivity contribution in [2.24, 2.45) is 17.6 Å². The Hall–Kier alpha value is -5.48. The Morgan fingerprint density at radius 3 is 2.03 bits per heavy atom. The summed E-state index contributed by atoms with van der Waals surface area (Å²) in [6.45, 7) is 7.06. The van der Waals surface area contributed by atoms with E-state index >= 15 is 0 Å². The highest BCUT2D eigenvalue weighted by Crippen LogP contribution is 2.25. The van der Waals surface area contributed by atoms with Gasteiger partial charge in [-0.2, -0.15) is 5.26 Å². The predicted octanol–water partition coefficient (Wildman–Crippen LogP) is -1.83. The molecule has 23 heteroatoms. The number of carbonyl (C=O) groups is 7. The minimum absolute atomic E-state index is 0.0225. The quantitative estimate of drug-likeness (QED) is 0.0678. The van der Waals surface area contributed by atoms with Crippen LogP contribution in [0.2, 0.25) is 0 Å². The SMILES string of the molecule is CCC(C)CC(C)CCCCCCCCC(=O)N[C@H]1C[C@@H](O)[C@@H](N)NC(=O)[C@@H]2[C@@H](O)CCN2C(=O)[C@H]([C@H](O)CC#N)NC(=O)[C@H]([C@H](O)Cc2ccc(O)cc2)NC(=O)[C@@H]2C[C@@H](O)CN2C(=O)[C@H]([C@@H](C)O)NC1=O. The summed E-state index contributed by atoms with van der Waals surface area (Å²) in [6, 6.07) is -3.79. The second-order valence-electron chi connectivity index (χ2n) is 20.3. The lowest BCUT2D eigenvalue weighted by Gasteiger charge is -2.33. The first-order valence-electron chi connectivity index (χ1n) is 25.7. The van der Waals surface area contributed by atoms with Crippen LogP contribution >= 0.6 is 0 Å². The second-order valence-corrected chi connectivity index (χ2v) is 20.3. The summed E-state index contributed by atoms with van der Waals surface area (Å²) in [5.41, 5.74) is 6.60. The third-order valence-corrected chi connectivity index (χ3v) is 14.1. The summed E-state index contributed by atoms with van der Waals surface area (Å²) in [7, 11) is 0. The molecule has 0 bridgehead atoms. The molecule has 0 aliphatic carbocycles. The summed E-state index contributed by atoms with van der Waals surface area (Å²) in [5, 5.41) is 98.2. The van der Waals surface area contributed by atoms with Gasteiger partial charge in [0.2, 0.25) is 41.4 Å². The highest BCUT2D eigenvalue weighted by molar-refractivity contribution is 5.98. The average molecular weight is 1030 g/mol. The maximum absolute atomic E-state index is 14.3. The normalized spacial score (nSPS) is 29.0. The fourth-order valence-corrected chi connectivity index (χ4v) is 9.69. The second kappa shape index (κ2) is 28.8. The van der Waals surface area contributed by atoms with Gasteiger partial charge in [-0.25, -0.2) is 0 Å². The highest BCUT2D eigenvalue weighted by Gasteiger charge is 2.48. The maximum Gasteiger partial charge on any atom is 0.248 e. The molecule has 23 nitrogen and oxygen atoms in total. The molecule has 4 rings (SSSR count). The van der Waals surface area contributed by atoms with Gasteiger partial charge in [0.25, 0.3) is 0 Å². The van der Waals surface area contributed by atoms with Crippen LogP contribution in [0, 0.1) is 23.2 Å². The first-order chi connectivity index (χ1) is 34.6. The Morgan fingerprint density at radius 1 is 0.767 bits per heavy atom. The number of aliphatic hydroxyl groups excluding tert-OH is 6. The number of nitrogens with one attached hydrogen (secondary N) is 5. The minimum Gasteiger partial charge on any atom is -0.508 e. The number of hydrogen-bond donors (Lipinski definition) is 13. The van der Waals surface area contributed by atoms with Crippen molar-refractivity contribution in [3.63, 3.8) is 0 Å². The average Bonchev–Trinajstić information content (AvgIpc) is 3.93. The van der Waals surface area contributed by atoms with Gasteiger partial charge in [-0.3, -0.25) is 33.6 Å². The molecule has 408 valence electrons. The number of carbonyl (C=O) groups excluding carboxylic acids is 7. The van der Waals surface area contributed by atoms with Crippen molar-refractivity contribution in [1.29, 1.82) is 5.26 Å². The van der Waals surface area contributed by atoms with Crippen LogP contribution in [0.15, 0.2) is 24.3 Å². The summed E-state index contributed by atoms with van der Waals surface area (Å²) >= 11 is 0. The van der Waals surface area contributed by atoms with Crippen LogP contribution in [-0.4, -0.2) is 179 Å². The standard InChI is InChI=1S/C50H79N9O14/c1-5-27(2)22-28(3)12-10-8-6-7-9-11-13-39(67)53-33-25-38(66)44(52)57-48(71)43-36(64)19-21-58(43)50(73)42(35(63)18-20-51)56-47(70)41(37(65)23-30-14-16-31(61)17-15-30)55-46(69)34-24-32(62)26-59(34)49(72)40(29(4)60)54-45(33)68/h14-17,27-29,32-38,40-44,60-66H,5-13,18-19,21-26,52H2,1-4H3,(H,53,67)(H,54,68)(H,55,69)(H,56,70)(H,57,71)/t27?,28?,29-,32-,33+,34+,35-,36+,37-,38-,40+,41+,42+,43+,44+/m1/s1. The summed E-state index contributed by atoms with van der Waals surface area (Å²) in [4.78, 5) is 100. The Kier molecular flexibility index (Phi) is 23.7. The number of rotatable bonds is 19. The molecule has 0 radical (unpaired) electrons. The number of unbranched alkanes of at least 4 members (excludes halogenated alkanes) is 5. The Bertz CT molecular complexity index is 2060. The molecule has 2 unspecified atom stereocenters. The number of aromatic hydroxyl groups is 1. The van der Waals surface area contributed by atoms with E-state index in [-0.39, 0.29) is 31.6 Å². The van der Waals surface area contributed by atoms with Gasteiger partial charge in [-0.1, -0.05) is 77.8 Å². The molecule has 1 aromatic rings. The van der Waals surface area contributed by atoms with E-state index in [1.54, 1.807) is 6.07 Å². The number of nitrogens with zero attached hydrogens (tertiary/aromatic N) is 3. The van der Waals surface area contributed by atoms with E-state index in [2.05, 4.69) is 47.4 Å². The molecule has 7 amide bonds. The Balaban J connectivity index is 1.66. The van der Waals surface area contributed by atoms with Crippen LogP contribution < -0.4 is 32.3 Å². The number of aliphatic hydroxyl groups is 6. The number of amides is 7. The zero-order valence-corrected chi connectivity index (χ0v) is 42.4. The van der Waals surface area contributed by atoms with Crippen molar-refractivity contribution < 1.29 is 69.3 Å². The van der Waals surface area contributed by atoms with Gasteiger partial charge in [0.05, 0.1) is 49.1 Å². The van der Waals surface area contributed by atoms with Crippen LogP contribution in [0.3, 0.4) is 0 Å². The predicted molar refractivity (Wildman–Crippen MR) is 263 cm³/mol. The van der Waals surface area contributed by atoms with Crippen molar-refractivity contribution in [2.75, 3.05) is 13.1 Å². The maximum atomic E-state index is 14.3. The zero-order valence-electron chi connectivity index (χ0n) is 42.4. The molecule has 0 saturated carbocycles. The lowest BCUT2D eigenvalue weighted by Crippen LogP contribution is -2.64. The molecule has 0 spiro atoms. The topological polar surface area (TPSA) is 378 Å². The lowest BCUT2D eigenvalue weighted by molar-refractivity contribution is -0.147. The van der Waals surface area contributed by atoms with Gasteiger partial charge in [0.1, 0.15) is 48.2 Å². The van der Waals surface area contributed by atoms with E-state index < -0.39 is 146 Å². The molecule has 14 N–H and O–H groups in total. The smallest absolute Gasteiger partial charge is 0.248 e. The fourth-order valence-electron chi connectivity index (χ4n) is 9.69. The molecule has 3 fully saturated rings. The number of nitriles is 1.